The second-order valence-corrected chi connectivity index (χ2v) is 7.49. The first kappa shape index (κ1) is 16.0. The van der Waals surface area contributed by atoms with E-state index in [0.717, 1.165) is 28.3 Å². The Kier molecular flexibility index (Phi) is 5.04. The molecule has 2 rings (SSSR count). The van der Waals surface area contributed by atoms with Gasteiger partial charge >= 0.3 is 0 Å². The minimum atomic E-state index is -3.67. The summed E-state index contributed by atoms with van der Waals surface area (Å²) in [5.41, 5.74) is 5.76. The van der Waals surface area contributed by atoms with Gasteiger partial charge in [0, 0.05) is 11.4 Å². The molecule has 0 saturated carbocycles. The molecule has 0 aliphatic heterocycles. The molecule has 0 bridgehead atoms. The van der Waals surface area contributed by atoms with Gasteiger partial charge in [-0.2, -0.15) is 0 Å². The Labute approximate surface area is 125 Å². The lowest BCUT2D eigenvalue weighted by Crippen LogP contribution is -2.22. The zero-order valence-electron chi connectivity index (χ0n) is 11.0. The van der Waals surface area contributed by atoms with Gasteiger partial charge in [-0.25, -0.2) is 21.9 Å². The minimum Gasteiger partial charge on any atom is -0.330 e. The lowest BCUT2D eigenvalue weighted by atomic mass is 10.2. The lowest BCUT2D eigenvalue weighted by molar-refractivity contribution is 0.506. The third kappa shape index (κ3) is 4.07. The predicted molar refractivity (Wildman–Crippen MR) is 77.5 cm³/mol. The van der Waals surface area contributed by atoms with E-state index in [4.69, 9.17) is 5.73 Å². The van der Waals surface area contributed by atoms with Crippen molar-refractivity contribution in [1.82, 2.24) is 4.72 Å². The maximum atomic E-state index is 13.0. The van der Waals surface area contributed by atoms with Crippen molar-refractivity contribution in [1.29, 1.82) is 0 Å². The van der Waals surface area contributed by atoms with Crippen LogP contribution >= 0.6 is 11.3 Å². The predicted octanol–water partition coefficient (Wildman–Crippen LogP) is 2.01. The fourth-order valence-corrected chi connectivity index (χ4v) is 4.11. The standard InChI is InChI=1S/C13H14F2N2O2S2/c14-11-3-1-9(7-12(11)15)8-17-21(18,19)13-4-2-10(20-13)5-6-16/h1-4,7,17H,5-6,8,16H2. The van der Waals surface area contributed by atoms with E-state index in [-0.39, 0.29) is 10.8 Å². The first-order chi connectivity index (χ1) is 9.92. The van der Waals surface area contributed by atoms with E-state index >= 15 is 0 Å². The molecule has 1 aromatic heterocycles. The highest BCUT2D eigenvalue weighted by Crippen LogP contribution is 2.22. The molecule has 8 heteroatoms. The summed E-state index contributed by atoms with van der Waals surface area (Å²) in [5.74, 6) is -1.97. The van der Waals surface area contributed by atoms with E-state index in [2.05, 4.69) is 4.72 Å². The van der Waals surface area contributed by atoms with Gasteiger partial charge in [0.1, 0.15) is 4.21 Å². The number of thiophene rings is 1. The van der Waals surface area contributed by atoms with Crippen LogP contribution in [0, 0.1) is 11.6 Å². The molecule has 21 heavy (non-hydrogen) atoms. The van der Waals surface area contributed by atoms with Crippen LogP contribution in [0.1, 0.15) is 10.4 Å². The number of nitrogens with two attached hydrogens (primary N) is 1. The summed E-state index contributed by atoms with van der Waals surface area (Å²) >= 11 is 1.14. The molecule has 0 amide bonds. The zero-order chi connectivity index (χ0) is 15.5. The SMILES string of the molecule is NCCc1ccc(S(=O)(=O)NCc2ccc(F)c(F)c2)s1. The molecule has 4 nitrogen and oxygen atoms in total. The van der Waals surface area contributed by atoms with Gasteiger partial charge in [-0.3, -0.25) is 0 Å². The molecule has 1 heterocycles. The average molecular weight is 332 g/mol. The monoisotopic (exact) mass is 332 g/mol. The molecule has 0 radical (unpaired) electrons. The van der Waals surface area contributed by atoms with Crippen LogP contribution in [-0.2, 0) is 23.0 Å². The summed E-state index contributed by atoms with van der Waals surface area (Å²) in [5, 5.41) is 0. The van der Waals surface area contributed by atoms with E-state index in [1.165, 1.54) is 12.1 Å². The third-order valence-electron chi connectivity index (χ3n) is 2.74. The quantitative estimate of drug-likeness (QED) is 0.850. The van der Waals surface area contributed by atoms with Crippen molar-refractivity contribution in [2.45, 2.75) is 17.2 Å². The topological polar surface area (TPSA) is 72.2 Å². The summed E-state index contributed by atoms with van der Waals surface area (Å²) < 4.78 is 52.5. The first-order valence-electron chi connectivity index (χ1n) is 6.15. The second-order valence-electron chi connectivity index (χ2n) is 4.33. The highest BCUT2D eigenvalue weighted by molar-refractivity contribution is 7.91. The molecule has 3 N–H and O–H groups in total. The van der Waals surface area contributed by atoms with Crippen molar-refractivity contribution >= 4 is 21.4 Å². The number of halogens is 2. The van der Waals surface area contributed by atoms with E-state index in [9.17, 15) is 17.2 Å². The average Bonchev–Trinajstić information content (AvgIpc) is 2.90. The maximum Gasteiger partial charge on any atom is 0.250 e. The van der Waals surface area contributed by atoms with Crippen LogP contribution in [0.3, 0.4) is 0 Å². The van der Waals surface area contributed by atoms with Crippen molar-refractivity contribution in [3.8, 4) is 0 Å². The molecular weight excluding hydrogens is 318 g/mol. The van der Waals surface area contributed by atoms with Gasteiger partial charge in [-0.1, -0.05) is 6.07 Å². The van der Waals surface area contributed by atoms with E-state index in [1.54, 1.807) is 6.07 Å². The van der Waals surface area contributed by atoms with Crippen LogP contribution in [0.4, 0.5) is 8.78 Å². The summed E-state index contributed by atoms with van der Waals surface area (Å²) in [7, 11) is -3.67. The highest BCUT2D eigenvalue weighted by Gasteiger charge is 2.16. The molecule has 0 atom stereocenters. The van der Waals surface area contributed by atoms with Crippen LogP contribution in [0.15, 0.2) is 34.5 Å². The first-order valence-corrected chi connectivity index (χ1v) is 8.45. The summed E-state index contributed by atoms with van der Waals surface area (Å²) in [6.45, 7) is 0.339. The van der Waals surface area contributed by atoms with Crippen molar-refractivity contribution in [3.63, 3.8) is 0 Å². The number of sulfonamides is 1. The van der Waals surface area contributed by atoms with E-state index < -0.39 is 21.7 Å². The van der Waals surface area contributed by atoms with E-state index in [1.807, 2.05) is 0 Å². The molecular formula is C13H14F2N2O2S2. The van der Waals surface area contributed by atoms with Gasteiger partial charge in [0.05, 0.1) is 0 Å². The Morgan fingerprint density at radius 2 is 1.90 bits per heavy atom. The van der Waals surface area contributed by atoms with Crippen LogP contribution in [-0.4, -0.2) is 15.0 Å². The Balaban J connectivity index is 2.08. The Morgan fingerprint density at radius 3 is 2.57 bits per heavy atom. The molecule has 2 aromatic rings. The highest BCUT2D eigenvalue weighted by atomic mass is 32.2. The Hall–Kier alpha value is -1.35. The molecule has 1 aromatic carbocycles. The molecule has 0 fully saturated rings. The van der Waals surface area contributed by atoms with Crippen molar-refractivity contribution in [2.24, 2.45) is 5.73 Å². The van der Waals surface area contributed by atoms with Gasteiger partial charge in [-0.05, 0) is 42.8 Å². The number of rotatable bonds is 6. The van der Waals surface area contributed by atoms with Crippen LogP contribution in [0.2, 0.25) is 0 Å². The van der Waals surface area contributed by atoms with Crippen LogP contribution in [0.5, 0.6) is 0 Å². The van der Waals surface area contributed by atoms with Crippen molar-refractivity contribution in [3.05, 3.63) is 52.4 Å². The van der Waals surface area contributed by atoms with E-state index in [0.29, 0.717) is 18.5 Å². The third-order valence-corrected chi connectivity index (χ3v) is 5.78. The minimum absolute atomic E-state index is 0.107. The Bertz CT molecular complexity index is 730. The fourth-order valence-electron chi connectivity index (χ4n) is 1.68. The summed E-state index contributed by atoms with van der Waals surface area (Å²) in [4.78, 5) is 0.880. The lowest BCUT2D eigenvalue weighted by Gasteiger charge is -2.05. The fraction of sp³-hybridized carbons (Fsp3) is 0.231. The van der Waals surface area contributed by atoms with Gasteiger partial charge < -0.3 is 5.73 Å². The van der Waals surface area contributed by atoms with Gasteiger partial charge in [0.2, 0.25) is 10.0 Å². The van der Waals surface area contributed by atoms with Gasteiger partial charge in [0.15, 0.2) is 11.6 Å². The summed E-state index contributed by atoms with van der Waals surface area (Å²) in [6, 6.07) is 6.47. The van der Waals surface area contributed by atoms with Crippen molar-refractivity contribution < 1.29 is 17.2 Å². The summed E-state index contributed by atoms with van der Waals surface area (Å²) in [6.07, 6.45) is 0.614. The molecule has 0 spiro atoms. The zero-order valence-corrected chi connectivity index (χ0v) is 12.6. The number of benzene rings is 1. The number of hydrogen-bond acceptors (Lipinski definition) is 4. The molecule has 0 aliphatic carbocycles. The smallest absolute Gasteiger partial charge is 0.250 e. The van der Waals surface area contributed by atoms with Gasteiger partial charge in [0.25, 0.3) is 0 Å². The second kappa shape index (κ2) is 6.61. The Morgan fingerprint density at radius 1 is 1.14 bits per heavy atom. The normalized spacial score (nSPS) is 11.8. The molecule has 0 unspecified atom stereocenters. The van der Waals surface area contributed by atoms with Crippen LogP contribution in [0.25, 0.3) is 0 Å². The van der Waals surface area contributed by atoms with Crippen molar-refractivity contribution in [2.75, 3.05) is 6.54 Å². The number of hydrogen-bond donors (Lipinski definition) is 2. The number of nitrogens with one attached hydrogen (secondary N) is 1. The van der Waals surface area contributed by atoms with Gasteiger partial charge in [-0.15, -0.1) is 11.3 Å². The van der Waals surface area contributed by atoms with Crippen LogP contribution < -0.4 is 10.5 Å². The molecule has 0 aliphatic rings. The molecule has 0 saturated heterocycles. The maximum absolute atomic E-state index is 13.0. The largest absolute Gasteiger partial charge is 0.330 e. The molecule has 114 valence electrons.